The van der Waals surface area contributed by atoms with Crippen molar-refractivity contribution >= 4 is 0 Å². The molecule has 0 saturated heterocycles. The zero-order chi connectivity index (χ0) is 19.5. The van der Waals surface area contributed by atoms with E-state index in [1.165, 1.54) is 0 Å². The first-order valence-corrected chi connectivity index (χ1v) is 5.15. The second-order valence-corrected chi connectivity index (χ2v) is 4.19. The molecule has 1 rings (SSSR count). The molecule has 1 aromatic carbocycles. The highest BCUT2D eigenvalue weighted by molar-refractivity contribution is 5.37. The van der Waals surface area contributed by atoms with Gasteiger partial charge in [-0.3, -0.25) is 0 Å². The van der Waals surface area contributed by atoms with E-state index >= 15 is 0 Å². The zero-order valence-electron chi connectivity index (χ0n) is 10.3. The quantitative estimate of drug-likeness (QED) is 0.349. The van der Waals surface area contributed by atoms with E-state index in [9.17, 15) is 61.5 Å². The Morgan fingerprint density at radius 2 is 0.583 bits per heavy atom. The van der Waals surface area contributed by atoms with Gasteiger partial charge in [0.1, 0.15) is 0 Å². The van der Waals surface area contributed by atoms with Gasteiger partial charge < -0.3 is 0 Å². The first-order chi connectivity index (χ1) is 10.4. The molecule has 0 saturated carbocycles. The molecule has 0 radical (unpaired) electrons. The minimum Gasteiger partial charge on any atom is -0.203 e. The lowest BCUT2D eigenvalue weighted by molar-refractivity contribution is -0.388. The van der Waals surface area contributed by atoms with E-state index in [2.05, 4.69) is 0 Å². The number of halogens is 14. The monoisotopic (exact) mass is 386 g/mol. The maximum Gasteiger partial charge on any atom is 0.416 e. The molecule has 0 aromatic heterocycles. The minimum atomic E-state index is -7.54. The first-order valence-electron chi connectivity index (χ1n) is 5.15. The lowest BCUT2D eigenvalue weighted by atomic mass is 9.77. The average Bonchev–Trinajstić information content (AvgIpc) is 2.34. The molecule has 0 aliphatic heterocycles. The predicted octanol–water partition coefficient (Wildman–Crippen LogP) is 5.31. The Hall–Kier alpha value is -1.76. The summed E-state index contributed by atoms with van der Waals surface area (Å²) in [5.74, 6) is -17.8. The van der Waals surface area contributed by atoms with Gasteiger partial charge >= 0.3 is 18.5 Å². The van der Waals surface area contributed by atoms with E-state index in [-0.39, 0.29) is 0 Å². The molecule has 0 N–H and O–H groups in total. The van der Waals surface area contributed by atoms with Gasteiger partial charge in [-0.25, -0.2) is 22.0 Å². The summed E-state index contributed by atoms with van der Waals surface area (Å²) in [6, 6.07) is 0. The molecule has 1 aromatic rings. The van der Waals surface area contributed by atoms with Gasteiger partial charge in [0.2, 0.25) is 5.82 Å². The second kappa shape index (κ2) is 5.37. The molecule has 0 aliphatic carbocycles. The fraction of sp³-hybridized carbons (Fsp3) is 0.400. The summed E-state index contributed by atoms with van der Waals surface area (Å²) >= 11 is 0. The topological polar surface area (TPSA) is 0 Å². The third-order valence-electron chi connectivity index (χ3n) is 2.86. The van der Waals surface area contributed by atoms with Crippen molar-refractivity contribution in [2.45, 2.75) is 23.9 Å². The number of benzene rings is 1. The number of hydrogen-bond donors (Lipinski definition) is 0. The maximum atomic E-state index is 13.3. The number of alkyl halides is 9. The van der Waals surface area contributed by atoms with Crippen LogP contribution in [-0.4, -0.2) is 18.5 Å². The van der Waals surface area contributed by atoms with Gasteiger partial charge in [-0.15, -0.1) is 0 Å². The smallest absolute Gasteiger partial charge is 0.203 e. The molecule has 0 spiro atoms. The van der Waals surface area contributed by atoms with E-state index in [0.29, 0.717) is 0 Å². The van der Waals surface area contributed by atoms with E-state index in [1.807, 2.05) is 0 Å². The van der Waals surface area contributed by atoms with Crippen LogP contribution in [0.3, 0.4) is 0 Å². The van der Waals surface area contributed by atoms with Crippen LogP contribution < -0.4 is 0 Å². The van der Waals surface area contributed by atoms with Crippen molar-refractivity contribution in [1.29, 1.82) is 0 Å². The lowest BCUT2D eigenvalue weighted by Gasteiger charge is -2.39. The molecule has 0 bridgehead atoms. The molecule has 14 heteroatoms. The highest BCUT2D eigenvalue weighted by Crippen LogP contribution is 2.61. The van der Waals surface area contributed by atoms with Crippen LogP contribution in [0.1, 0.15) is 5.56 Å². The molecule has 0 amide bonds. The summed E-state index contributed by atoms with van der Waals surface area (Å²) in [6.07, 6.45) is -22.6. The highest BCUT2D eigenvalue weighted by Gasteiger charge is 2.86. The van der Waals surface area contributed by atoms with Crippen molar-refractivity contribution in [3.05, 3.63) is 34.6 Å². The zero-order valence-corrected chi connectivity index (χ0v) is 10.3. The Bertz CT molecular complexity index is 580. The van der Waals surface area contributed by atoms with Crippen LogP contribution in [0.5, 0.6) is 0 Å². The van der Waals surface area contributed by atoms with Crippen LogP contribution in [0, 0.1) is 29.1 Å². The Morgan fingerprint density at radius 3 is 0.792 bits per heavy atom. The Balaban J connectivity index is 4.27. The average molecular weight is 386 g/mol. The summed E-state index contributed by atoms with van der Waals surface area (Å²) in [4.78, 5) is 0. The highest BCUT2D eigenvalue weighted by atomic mass is 19.4. The standard InChI is InChI=1S/C10F14/c11-2-1(3(12)5(14)6(15)4(2)13)7(8(16,17)18,9(19,20)21)10(22,23)24. The Morgan fingerprint density at radius 1 is 0.375 bits per heavy atom. The van der Waals surface area contributed by atoms with Crippen molar-refractivity contribution in [3.63, 3.8) is 0 Å². The van der Waals surface area contributed by atoms with Gasteiger partial charge in [-0.2, -0.15) is 39.5 Å². The predicted molar refractivity (Wildman–Crippen MR) is 46.1 cm³/mol. The van der Waals surface area contributed by atoms with E-state index in [0.717, 1.165) is 0 Å². The molecule has 0 heterocycles. The van der Waals surface area contributed by atoms with Gasteiger partial charge in [-0.1, -0.05) is 0 Å². The van der Waals surface area contributed by atoms with E-state index in [1.54, 1.807) is 0 Å². The normalized spacial score (nSPS) is 14.2. The van der Waals surface area contributed by atoms with Gasteiger partial charge in [0.05, 0.1) is 5.56 Å². The minimum absolute atomic E-state index is 3.23. The summed E-state index contributed by atoms with van der Waals surface area (Å²) < 4.78 is 179. The SMILES string of the molecule is Fc1c(F)c(F)c(C(C(F)(F)F)(C(F)(F)F)C(F)(F)F)c(F)c1F. The maximum absolute atomic E-state index is 13.3. The summed E-state index contributed by atoms with van der Waals surface area (Å²) in [7, 11) is 0. The lowest BCUT2D eigenvalue weighted by Crippen LogP contribution is -2.64. The largest absolute Gasteiger partial charge is 0.416 e. The fourth-order valence-corrected chi connectivity index (χ4v) is 1.84. The first kappa shape index (κ1) is 20.3. The Kier molecular flexibility index (Phi) is 4.54. The van der Waals surface area contributed by atoms with Crippen LogP contribution >= 0.6 is 0 Å². The van der Waals surface area contributed by atoms with Crippen LogP contribution in [0.2, 0.25) is 0 Å². The Labute approximate surface area is 121 Å². The fourth-order valence-electron chi connectivity index (χ4n) is 1.84. The molecular weight excluding hydrogens is 386 g/mol. The van der Waals surface area contributed by atoms with E-state index < -0.39 is 58.6 Å². The number of hydrogen-bond acceptors (Lipinski definition) is 0. The van der Waals surface area contributed by atoms with Crippen molar-refractivity contribution in [2.75, 3.05) is 0 Å². The molecule has 0 atom stereocenters. The molecule has 0 fully saturated rings. The molecule has 0 unspecified atom stereocenters. The molecule has 24 heavy (non-hydrogen) atoms. The number of rotatable bonds is 1. The second-order valence-electron chi connectivity index (χ2n) is 4.19. The van der Waals surface area contributed by atoms with Gasteiger partial charge in [0.25, 0.3) is 5.41 Å². The van der Waals surface area contributed by atoms with Gasteiger partial charge in [-0.05, 0) is 0 Å². The van der Waals surface area contributed by atoms with Crippen molar-refractivity contribution < 1.29 is 61.5 Å². The summed E-state index contributed by atoms with van der Waals surface area (Å²) in [6.45, 7) is 0. The molecule has 0 nitrogen and oxygen atoms in total. The third kappa shape index (κ3) is 2.46. The van der Waals surface area contributed by atoms with Crippen LogP contribution in [0.15, 0.2) is 0 Å². The summed E-state index contributed by atoms with van der Waals surface area (Å²) in [5.41, 5.74) is -11.4. The van der Waals surface area contributed by atoms with Crippen LogP contribution in [0.25, 0.3) is 0 Å². The third-order valence-corrected chi connectivity index (χ3v) is 2.86. The molecular formula is C10F14. The van der Waals surface area contributed by atoms with E-state index in [4.69, 9.17) is 0 Å². The van der Waals surface area contributed by atoms with Gasteiger partial charge in [0.15, 0.2) is 23.3 Å². The van der Waals surface area contributed by atoms with Crippen molar-refractivity contribution in [2.24, 2.45) is 0 Å². The molecule has 138 valence electrons. The van der Waals surface area contributed by atoms with Crippen LogP contribution in [-0.2, 0) is 5.41 Å². The van der Waals surface area contributed by atoms with Gasteiger partial charge in [0, 0.05) is 0 Å². The summed E-state index contributed by atoms with van der Waals surface area (Å²) in [5, 5.41) is 0. The van der Waals surface area contributed by atoms with Crippen LogP contribution in [0.4, 0.5) is 61.5 Å². The van der Waals surface area contributed by atoms with Crippen molar-refractivity contribution in [3.8, 4) is 0 Å². The molecule has 0 aliphatic rings. The van der Waals surface area contributed by atoms with Crippen molar-refractivity contribution in [1.82, 2.24) is 0 Å².